The van der Waals surface area contributed by atoms with E-state index in [0.29, 0.717) is 49.2 Å². The van der Waals surface area contributed by atoms with Gasteiger partial charge < -0.3 is 19.5 Å². The molecule has 0 fully saturated rings. The minimum atomic E-state index is -0.307. The van der Waals surface area contributed by atoms with E-state index in [0.717, 1.165) is 5.57 Å². The summed E-state index contributed by atoms with van der Waals surface area (Å²) in [5.41, 5.74) is 2.12. The maximum Gasteiger partial charge on any atom is 0.257 e. The van der Waals surface area contributed by atoms with Gasteiger partial charge in [-0.1, -0.05) is 12.6 Å². The molecule has 7 heteroatoms. The van der Waals surface area contributed by atoms with Gasteiger partial charge in [-0.3, -0.25) is 10.1 Å². The molecule has 0 saturated heterocycles. The molecule has 0 spiro atoms. The highest BCUT2D eigenvalue weighted by atomic mass is 32.1. The second kappa shape index (κ2) is 11.8. The zero-order valence-corrected chi connectivity index (χ0v) is 17.5. The number of carbonyl (C=O) groups excluding carboxylic acids is 1. The average Bonchev–Trinajstić information content (AvgIpc) is 2.70. The van der Waals surface area contributed by atoms with Crippen molar-refractivity contribution in [1.29, 1.82) is 0 Å². The maximum atomic E-state index is 12.4. The van der Waals surface area contributed by atoms with Crippen LogP contribution in [0.3, 0.4) is 0 Å². The first-order valence-corrected chi connectivity index (χ1v) is 9.69. The van der Waals surface area contributed by atoms with Crippen LogP contribution in [0.15, 0.2) is 60.7 Å². The third kappa shape index (κ3) is 8.33. The molecular formula is C22H26N2O4S. The molecule has 1 amide bonds. The largest absolute Gasteiger partial charge is 0.491 e. The normalized spacial score (nSPS) is 10.1. The van der Waals surface area contributed by atoms with Gasteiger partial charge in [0.25, 0.3) is 5.91 Å². The summed E-state index contributed by atoms with van der Waals surface area (Å²) < 4.78 is 16.4. The molecule has 0 atom stereocenters. The number of hydrogen-bond acceptors (Lipinski definition) is 5. The fourth-order valence-corrected chi connectivity index (χ4v) is 2.48. The predicted octanol–water partition coefficient (Wildman–Crippen LogP) is 4.18. The Morgan fingerprint density at radius 1 is 1.07 bits per heavy atom. The summed E-state index contributed by atoms with van der Waals surface area (Å²) >= 11 is 5.23. The van der Waals surface area contributed by atoms with Gasteiger partial charge in [-0.25, -0.2) is 0 Å². The number of anilines is 1. The Labute approximate surface area is 176 Å². The summed E-state index contributed by atoms with van der Waals surface area (Å²) in [6, 6.07) is 14.1. The monoisotopic (exact) mass is 414 g/mol. The molecule has 0 unspecified atom stereocenters. The molecule has 6 nitrogen and oxygen atoms in total. The Kier molecular flexibility index (Phi) is 9.14. The van der Waals surface area contributed by atoms with Crippen molar-refractivity contribution in [3.8, 4) is 11.5 Å². The van der Waals surface area contributed by atoms with E-state index in [4.69, 9.17) is 26.4 Å². The van der Waals surface area contributed by atoms with E-state index in [9.17, 15) is 4.79 Å². The van der Waals surface area contributed by atoms with Crippen LogP contribution in [0.1, 0.15) is 24.2 Å². The second-order valence-electron chi connectivity index (χ2n) is 6.25. The molecule has 2 N–H and O–H groups in total. The van der Waals surface area contributed by atoms with Crippen LogP contribution in [0.25, 0.3) is 0 Å². The lowest BCUT2D eigenvalue weighted by Gasteiger charge is -2.12. The molecule has 29 heavy (non-hydrogen) atoms. The van der Waals surface area contributed by atoms with Gasteiger partial charge in [-0.15, -0.1) is 0 Å². The third-order valence-electron chi connectivity index (χ3n) is 3.62. The third-order valence-corrected chi connectivity index (χ3v) is 3.83. The first kappa shape index (κ1) is 22.4. The van der Waals surface area contributed by atoms with Crippen molar-refractivity contribution in [3.05, 3.63) is 66.2 Å². The van der Waals surface area contributed by atoms with Crippen LogP contribution in [-0.2, 0) is 4.74 Å². The minimum absolute atomic E-state index is 0.198. The van der Waals surface area contributed by atoms with E-state index in [1.165, 1.54) is 0 Å². The molecule has 0 bridgehead atoms. The Bertz CT molecular complexity index is 837. The predicted molar refractivity (Wildman–Crippen MR) is 119 cm³/mol. The molecule has 0 aliphatic heterocycles. The molecular weight excluding hydrogens is 388 g/mol. The maximum absolute atomic E-state index is 12.4. The molecule has 0 aliphatic rings. The Balaban J connectivity index is 1.85. The van der Waals surface area contributed by atoms with E-state index in [1.807, 2.05) is 32.0 Å². The van der Waals surface area contributed by atoms with Crippen LogP contribution in [0.5, 0.6) is 11.5 Å². The number of ether oxygens (including phenoxy) is 3. The molecule has 0 saturated carbocycles. The van der Waals surface area contributed by atoms with Gasteiger partial charge in [-0.05, 0) is 68.0 Å². The van der Waals surface area contributed by atoms with Gasteiger partial charge in [0, 0.05) is 23.9 Å². The van der Waals surface area contributed by atoms with Crippen molar-refractivity contribution in [2.75, 3.05) is 31.7 Å². The second-order valence-corrected chi connectivity index (χ2v) is 6.66. The number of hydrogen-bond donors (Lipinski definition) is 2. The van der Waals surface area contributed by atoms with Crippen molar-refractivity contribution >= 4 is 28.9 Å². The molecule has 0 radical (unpaired) electrons. The highest BCUT2D eigenvalue weighted by molar-refractivity contribution is 7.80. The topological polar surface area (TPSA) is 68.8 Å². The lowest BCUT2D eigenvalue weighted by Crippen LogP contribution is -2.34. The van der Waals surface area contributed by atoms with Crippen LogP contribution < -0.4 is 20.1 Å². The van der Waals surface area contributed by atoms with Crippen LogP contribution in [0.2, 0.25) is 0 Å². The fraction of sp³-hybridized carbons (Fsp3) is 0.273. The summed E-state index contributed by atoms with van der Waals surface area (Å²) in [6.45, 7) is 9.72. The smallest absolute Gasteiger partial charge is 0.257 e. The van der Waals surface area contributed by atoms with Crippen molar-refractivity contribution < 1.29 is 19.0 Å². The Hall–Kier alpha value is -2.90. The van der Waals surface area contributed by atoms with Crippen molar-refractivity contribution in [1.82, 2.24) is 5.32 Å². The van der Waals surface area contributed by atoms with Gasteiger partial charge in [0.05, 0.1) is 6.61 Å². The summed E-state index contributed by atoms with van der Waals surface area (Å²) in [7, 11) is 0. The quantitative estimate of drug-likeness (QED) is 0.345. The lowest BCUT2D eigenvalue weighted by atomic mass is 10.2. The van der Waals surface area contributed by atoms with E-state index in [2.05, 4.69) is 17.2 Å². The standard InChI is InChI=1S/C22H26N2O4S/c1-4-26-12-13-27-19-10-8-17(9-11-19)21(25)24-22(29)23-18-6-5-7-20(14-18)28-15-16(2)3/h5-11,14H,2,4,12-13,15H2,1,3H3,(H2,23,24,25,29). The molecule has 0 aromatic heterocycles. The van der Waals surface area contributed by atoms with Gasteiger partial charge in [-0.2, -0.15) is 0 Å². The highest BCUT2D eigenvalue weighted by Gasteiger charge is 2.09. The van der Waals surface area contributed by atoms with Crippen LogP contribution in [0.4, 0.5) is 5.69 Å². The highest BCUT2D eigenvalue weighted by Crippen LogP contribution is 2.18. The zero-order chi connectivity index (χ0) is 21.1. The Morgan fingerprint density at radius 3 is 2.52 bits per heavy atom. The number of carbonyl (C=O) groups is 1. The summed E-state index contributed by atoms with van der Waals surface area (Å²) in [5, 5.41) is 5.84. The van der Waals surface area contributed by atoms with Gasteiger partial charge in [0.1, 0.15) is 24.7 Å². The lowest BCUT2D eigenvalue weighted by molar-refractivity contribution is 0.0977. The molecule has 0 heterocycles. The number of rotatable bonds is 10. The van der Waals surface area contributed by atoms with E-state index in [-0.39, 0.29) is 11.0 Å². The van der Waals surface area contributed by atoms with Crippen molar-refractivity contribution in [2.45, 2.75) is 13.8 Å². The fourth-order valence-electron chi connectivity index (χ4n) is 2.27. The van der Waals surface area contributed by atoms with Gasteiger partial charge in [0.15, 0.2) is 5.11 Å². The van der Waals surface area contributed by atoms with Gasteiger partial charge in [0.2, 0.25) is 0 Å². The molecule has 2 rings (SSSR count). The summed E-state index contributed by atoms with van der Waals surface area (Å²) in [5.74, 6) is 1.05. The molecule has 154 valence electrons. The summed E-state index contributed by atoms with van der Waals surface area (Å²) in [4.78, 5) is 12.4. The Morgan fingerprint density at radius 2 is 1.83 bits per heavy atom. The molecule has 0 aliphatic carbocycles. The zero-order valence-electron chi connectivity index (χ0n) is 16.7. The number of benzene rings is 2. The van der Waals surface area contributed by atoms with Crippen LogP contribution >= 0.6 is 12.2 Å². The van der Waals surface area contributed by atoms with Gasteiger partial charge >= 0.3 is 0 Å². The van der Waals surface area contributed by atoms with E-state index < -0.39 is 0 Å². The van der Waals surface area contributed by atoms with E-state index >= 15 is 0 Å². The molecule has 2 aromatic rings. The van der Waals surface area contributed by atoms with E-state index in [1.54, 1.807) is 30.3 Å². The van der Waals surface area contributed by atoms with Crippen molar-refractivity contribution in [2.24, 2.45) is 0 Å². The first-order valence-electron chi connectivity index (χ1n) is 9.28. The van der Waals surface area contributed by atoms with Crippen LogP contribution in [-0.4, -0.2) is 37.4 Å². The molecule has 2 aromatic carbocycles. The minimum Gasteiger partial charge on any atom is -0.491 e. The summed E-state index contributed by atoms with van der Waals surface area (Å²) in [6.07, 6.45) is 0. The number of nitrogens with one attached hydrogen (secondary N) is 2. The van der Waals surface area contributed by atoms with Crippen LogP contribution in [0, 0.1) is 0 Å². The first-order chi connectivity index (χ1) is 14.0. The SMILES string of the molecule is C=C(C)COc1cccc(NC(=S)NC(=O)c2ccc(OCCOCC)cc2)c1. The van der Waals surface area contributed by atoms with Crippen molar-refractivity contribution in [3.63, 3.8) is 0 Å². The average molecular weight is 415 g/mol. The number of thiocarbonyl (C=S) groups is 1. The number of amides is 1.